The van der Waals surface area contributed by atoms with Crippen LogP contribution < -0.4 is 0 Å². The summed E-state index contributed by atoms with van der Waals surface area (Å²) in [5, 5.41) is 0.515. The molecule has 0 spiro atoms. The van der Waals surface area contributed by atoms with Crippen molar-refractivity contribution in [2.45, 2.75) is 26.8 Å². The third-order valence-electron chi connectivity index (χ3n) is 2.71. The monoisotopic (exact) mass is 219 g/mol. The van der Waals surface area contributed by atoms with E-state index in [0.29, 0.717) is 11.1 Å². The van der Waals surface area contributed by atoms with Crippen molar-refractivity contribution in [3.8, 4) is 0 Å². The fraction of sp³-hybridized carbons (Fsp3) is 0.308. The summed E-state index contributed by atoms with van der Waals surface area (Å²) in [5.74, 6) is -0.316. The van der Waals surface area contributed by atoms with E-state index in [-0.39, 0.29) is 17.6 Å². The van der Waals surface area contributed by atoms with Crippen LogP contribution in [-0.2, 0) is 0 Å². The topological polar surface area (TPSA) is 22.0 Å². The molecular formula is C13H14FNO. The van der Waals surface area contributed by atoms with Gasteiger partial charge in [0.25, 0.3) is 0 Å². The summed E-state index contributed by atoms with van der Waals surface area (Å²) < 4.78 is 15.5. The highest BCUT2D eigenvalue weighted by Gasteiger charge is 2.16. The maximum atomic E-state index is 13.6. The van der Waals surface area contributed by atoms with Gasteiger partial charge >= 0.3 is 0 Å². The van der Waals surface area contributed by atoms with Gasteiger partial charge in [0.05, 0.1) is 11.2 Å². The van der Waals surface area contributed by atoms with Crippen molar-refractivity contribution in [2.24, 2.45) is 0 Å². The lowest BCUT2D eigenvalue weighted by atomic mass is 10.2. The molecule has 16 heavy (non-hydrogen) atoms. The highest BCUT2D eigenvalue weighted by Crippen LogP contribution is 2.26. The summed E-state index contributed by atoms with van der Waals surface area (Å²) in [6, 6.07) is 6.69. The normalized spacial score (nSPS) is 11.3. The number of Topliss-reactive ketones (excluding diaryl/α,β-unsaturated/α-hetero) is 1. The minimum absolute atomic E-state index is 0.0377. The molecule has 0 saturated carbocycles. The molecule has 2 rings (SSSR count). The number of carbonyl (C=O) groups excluding carboxylic acids is 1. The zero-order valence-electron chi connectivity index (χ0n) is 9.62. The quantitative estimate of drug-likeness (QED) is 0.708. The first-order chi connectivity index (χ1) is 7.52. The molecule has 0 unspecified atom stereocenters. The molecule has 1 aromatic heterocycles. The van der Waals surface area contributed by atoms with Gasteiger partial charge in [-0.1, -0.05) is 6.07 Å². The van der Waals surface area contributed by atoms with E-state index >= 15 is 0 Å². The zero-order chi connectivity index (χ0) is 11.9. The molecule has 0 atom stereocenters. The summed E-state index contributed by atoms with van der Waals surface area (Å²) >= 11 is 0. The zero-order valence-corrected chi connectivity index (χ0v) is 9.62. The molecule has 0 N–H and O–H groups in total. The Labute approximate surface area is 93.7 Å². The van der Waals surface area contributed by atoms with Crippen molar-refractivity contribution >= 4 is 16.7 Å². The van der Waals surface area contributed by atoms with Gasteiger partial charge < -0.3 is 4.57 Å². The van der Waals surface area contributed by atoms with Gasteiger partial charge in [0.2, 0.25) is 0 Å². The first-order valence-electron chi connectivity index (χ1n) is 5.32. The molecule has 84 valence electrons. The van der Waals surface area contributed by atoms with Gasteiger partial charge in [0, 0.05) is 18.4 Å². The van der Waals surface area contributed by atoms with Gasteiger partial charge in [0.1, 0.15) is 5.82 Å². The van der Waals surface area contributed by atoms with Crippen LogP contribution in [0, 0.1) is 5.82 Å². The predicted octanol–water partition coefficient (Wildman–Crippen LogP) is 3.56. The van der Waals surface area contributed by atoms with Gasteiger partial charge in [-0.15, -0.1) is 0 Å². The molecule has 3 heteroatoms. The Morgan fingerprint density at radius 3 is 2.62 bits per heavy atom. The second-order valence-corrected chi connectivity index (χ2v) is 4.22. The Kier molecular flexibility index (Phi) is 2.54. The number of nitrogens with zero attached hydrogens (tertiary/aromatic N) is 1. The third kappa shape index (κ3) is 1.52. The van der Waals surface area contributed by atoms with Gasteiger partial charge in [-0.05, 0) is 32.0 Å². The van der Waals surface area contributed by atoms with Crippen LogP contribution in [-0.4, -0.2) is 10.4 Å². The number of benzene rings is 1. The number of aromatic nitrogens is 1. The number of ketones is 1. The molecule has 0 saturated heterocycles. The van der Waals surface area contributed by atoms with Crippen LogP contribution in [0.4, 0.5) is 4.39 Å². The average Bonchev–Trinajstić information content (AvgIpc) is 2.58. The number of halogens is 1. The molecule has 0 aliphatic heterocycles. The summed E-state index contributed by atoms with van der Waals surface area (Å²) in [4.78, 5) is 11.5. The van der Waals surface area contributed by atoms with E-state index in [0.717, 1.165) is 5.52 Å². The average molecular weight is 219 g/mol. The van der Waals surface area contributed by atoms with Gasteiger partial charge in [-0.25, -0.2) is 4.39 Å². The van der Waals surface area contributed by atoms with Gasteiger partial charge in [-0.3, -0.25) is 4.79 Å². The van der Waals surface area contributed by atoms with Crippen molar-refractivity contribution in [3.05, 3.63) is 35.8 Å². The van der Waals surface area contributed by atoms with Crippen molar-refractivity contribution < 1.29 is 9.18 Å². The molecule has 0 bridgehead atoms. The van der Waals surface area contributed by atoms with Crippen molar-refractivity contribution in [2.75, 3.05) is 0 Å². The first-order valence-corrected chi connectivity index (χ1v) is 5.32. The van der Waals surface area contributed by atoms with E-state index in [4.69, 9.17) is 0 Å². The maximum absolute atomic E-state index is 13.6. The second-order valence-electron chi connectivity index (χ2n) is 4.22. The highest BCUT2D eigenvalue weighted by molar-refractivity contribution is 5.98. The van der Waals surface area contributed by atoms with E-state index in [1.807, 2.05) is 24.5 Å². The second kappa shape index (κ2) is 3.74. The van der Waals surface area contributed by atoms with Crippen LogP contribution in [0.25, 0.3) is 10.9 Å². The van der Waals surface area contributed by atoms with E-state index in [9.17, 15) is 9.18 Å². The molecule has 0 aliphatic rings. The van der Waals surface area contributed by atoms with Crippen LogP contribution in [0.2, 0.25) is 0 Å². The highest BCUT2D eigenvalue weighted by atomic mass is 19.1. The van der Waals surface area contributed by atoms with Gasteiger partial charge in [0.15, 0.2) is 5.78 Å². The predicted molar refractivity (Wildman–Crippen MR) is 62.3 cm³/mol. The molecule has 0 aliphatic carbocycles. The first kappa shape index (κ1) is 10.9. The number of fused-ring (bicyclic) bond motifs is 1. The van der Waals surface area contributed by atoms with Gasteiger partial charge in [-0.2, -0.15) is 0 Å². The Bertz CT molecular complexity index is 554. The summed E-state index contributed by atoms with van der Waals surface area (Å²) in [7, 11) is 0. The fourth-order valence-electron chi connectivity index (χ4n) is 2.04. The smallest absolute Gasteiger partial charge is 0.176 e. The summed E-state index contributed by atoms with van der Waals surface area (Å²) in [6.45, 7) is 5.47. The van der Waals surface area contributed by atoms with E-state index in [2.05, 4.69) is 0 Å². The Morgan fingerprint density at radius 2 is 2.06 bits per heavy atom. The SMILES string of the molecule is CC(=O)c1cc2c(F)cccc2n1C(C)C. The minimum atomic E-state index is -0.278. The molecule has 1 aromatic carbocycles. The van der Waals surface area contributed by atoms with Crippen molar-refractivity contribution in [1.29, 1.82) is 0 Å². The van der Waals surface area contributed by atoms with Crippen molar-refractivity contribution in [3.63, 3.8) is 0 Å². The Hall–Kier alpha value is -1.64. The summed E-state index contributed by atoms with van der Waals surface area (Å²) in [6.07, 6.45) is 0. The van der Waals surface area contributed by atoms with Crippen LogP contribution >= 0.6 is 0 Å². The number of rotatable bonds is 2. The van der Waals surface area contributed by atoms with Crippen molar-refractivity contribution in [1.82, 2.24) is 4.57 Å². The minimum Gasteiger partial charge on any atom is -0.335 e. The Balaban J connectivity index is 2.86. The fourth-order valence-corrected chi connectivity index (χ4v) is 2.04. The number of carbonyl (C=O) groups is 1. The van der Waals surface area contributed by atoms with Crippen LogP contribution in [0.5, 0.6) is 0 Å². The van der Waals surface area contributed by atoms with E-state index in [1.165, 1.54) is 13.0 Å². The lowest BCUT2D eigenvalue weighted by Gasteiger charge is -2.12. The molecule has 2 aromatic rings. The third-order valence-corrected chi connectivity index (χ3v) is 2.71. The molecule has 0 amide bonds. The van der Waals surface area contributed by atoms with E-state index in [1.54, 1.807) is 12.1 Å². The largest absolute Gasteiger partial charge is 0.335 e. The van der Waals surface area contributed by atoms with Crippen LogP contribution in [0.3, 0.4) is 0 Å². The van der Waals surface area contributed by atoms with Crippen LogP contribution in [0.1, 0.15) is 37.3 Å². The lowest BCUT2D eigenvalue weighted by molar-refractivity contribution is 0.100. The van der Waals surface area contributed by atoms with Crippen LogP contribution in [0.15, 0.2) is 24.3 Å². The van der Waals surface area contributed by atoms with E-state index < -0.39 is 0 Å². The number of hydrogen-bond acceptors (Lipinski definition) is 1. The standard InChI is InChI=1S/C13H14FNO/c1-8(2)15-12-6-4-5-11(14)10(12)7-13(15)9(3)16/h4-8H,1-3H3. The Morgan fingerprint density at radius 1 is 1.38 bits per heavy atom. The maximum Gasteiger partial charge on any atom is 0.176 e. The molecule has 0 fully saturated rings. The molecule has 0 radical (unpaired) electrons. The lowest BCUT2D eigenvalue weighted by Crippen LogP contribution is -2.08. The number of hydrogen-bond donors (Lipinski definition) is 0. The summed E-state index contributed by atoms with van der Waals surface area (Å²) in [5.41, 5.74) is 1.34. The molecular weight excluding hydrogens is 205 g/mol. The molecule has 1 heterocycles. The molecule has 2 nitrogen and oxygen atoms in total.